The number of hydrogen-bond acceptors (Lipinski definition) is 4. The number of phenols is 1. The van der Waals surface area contributed by atoms with Crippen molar-refractivity contribution in [3.8, 4) is 5.75 Å². The highest BCUT2D eigenvalue weighted by Gasteiger charge is 2.45. The Morgan fingerprint density at radius 1 is 1.03 bits per heavy atom. The molecule has 0 saturated carbocycles. The maximum atomic E-state index is 12.2. The van der Waals surface area contributed by atoms with Crippen LogP contribution in [0.3, 0.4) is 0 Å². The molecule has 1 saturated heterocycles. The van der Waals surface area contributed by atoms with Crippen LogP contribution in [0.4, 0.5) is 0 Å². The minimum Gasteiger partial charge on any atom is -0.507 e. The number of aryl methyl sites for hydroxylation is 1. The highest BCUT2D eigenvalue weighted by molar-refractivity contribution is 5.80. The molecule has 30 heavy (non-hydrogen) atoms. The topological polar surface area (TPSA) is 60.8 Å². The minimum absolute atomic E-state index is 0.0317. The van der Waals surface area contributed by atoms with Gasteiger partial charge in [-0.2, -0.15) is 0 Å². The summed E-state index contributed by atoms with van der Waals surface area (Å²) in [5, 5.41) is 22.7. The normalized spacial score (nSPS) is 17.2. The lowest BCUT2D eigenvalue weighted by Gasteiger charge is -2.40. The largest absolute Gasteiger partial charge is 0.507 e. The second kappa shape index (κ2) is 8.42. The number of aromatic hydroxyl groups is 1. The molecule has 4 rings (SSSR count). The van der Waals surface area contributed by atoms with Crippen LogP contribution in [0, 0.1) is 6.92 Å². The van der Waals surface area contributed by atoms with Gasteiger partial charge in [-0.15, -0.1) is 0 Å². The number of carbonyl (C=O) groups is 1. The van der Waals surface area contributed by atoms with Crippen LogP contribution < -0.4 is 0 Å². The van der Waals surface area contributed by atoms with E-state index in [0.29, 0.717) is 24.0 Å². The third-order valence-electron chi connectivity index (χ3n) is 6.14. The van der Waals surface area contributed by atoms with Crippen molar-refractivity contribution in [1.29, 1.82) is 0 Å². The van der Waals surface area contributed by atoms with E-state index in [1.807, 2.05) is 73.7 Å². The molecule has 1 aliphatic rings. The van der Waals surface area contributed by atoms with Crippen LogP contribution in [0.15, 0.2) is 72.8 Å². The molecule has 1 fully saturated rings. The predicted octanol–water partition coefficient (Wildman–Crippen LogP) is 4.41. The van der Waals surface area contributed by atoms with Crippen LogP contribution in [0.25, 0.3) is 0 Å². The maximum absolute atomic E-state index is 12.2. The molecule has 1 heterocycles. The summed E-state index contributed by atoms with van der Waals surface area (Å²) < 4.78 is 0. The van der Waals surface area contributed by atoms with E-state index in [9.17, 15) is 15.0 Å². The SMILES string of the molecule is Cc1cc(C=O)c(O)c(CN2CCC[C@@H]2C(O)(c2ccccc2)c2ccccc2)c1. The molecular weight excluding hydrogens is 374 g/mol. The van der Waals surface area contributed by atoms with Crippen molar-refractivity contribution < 1.29 is 15.0 Å². The number of aliphatic hydroxyl groups is 1. The van der Waals surface area contributed by atoms with Crippen LogP contribution in [0.1, 0.15) is 45.5 Å². The average Bonchev–Trinajstić information content (AvgIpc) is 3.25. The minimum atomic E-state index is -1.17. The monoisotopic (exact) mass is 401 g/mol. The van der Waals surface area contributed by atoms with E-state index in [1.54, 1.807) is 6.07 Å². The Morgan fingerprint density at radius 3 is 2.20 bits per heavy atom. The van der Waals surface area contributed by atoms with Crippen LogP contribution >= 0.6 is 0 Å². The van der Waals surface area contributed by atoms with Crippen LogP contribution in [-0.4, -0.2) is 34.0 Å². The molecule has 0 aliphatic carbocycles. The summed E-state index contributed by atoms with van der Waals surface area (Å²) in [7, 11) is 0. The van der Waals surface area contributed by atoms with Crippen molar-refractivity contribution >= 4 is 6.29 Å². The molecule has 0 amide bonds. The maximum Gasteiger partial charge on any atom is 0.153 e. The van der Waals surface area contributed by atoms with Crippen molar-refractivity contribution in [2.75, 3.05) is 6.54 Å². The summed E-state index contributed by atoms with van der Waals surface area (Å²) in [6.45, 7) is 3.21. The first-order chi connectivity index (χ1) is 14.5. The molecule has 1 atom stereocenters. The van der Waals surface area contributed by atoms with E-state index >= 15 is 0 Å². The molecule has 0 bridgehead atoms. The molecular formula is C26H27NO3. The third-order valence-corrected chi connectivity index (χ3v) is 6.14. The van der Waals surface area contributed by atoms with E-state index in [2.05, 4.69) is 4.90 Å². The fourth-order valence-corrected chi connectivity index (χ4v) is 4.74. The highest BCUT2D eigenvalue weighted by Crippen LogP contribution is 2.41. The zero-order chi connectivity index (χ0) is 21.1. The number of rotatable bonds is 6. The summed E-state index contributed by atoms with van der Waals surface area (Å²) >= 11 is 0. The number of aldehydes is 1. The summed E-state index contributed by atoms with van der Waals surface area (Å²) in [4.78, 5) is 13.6. The van der Waals surface area contributed by atoms with Gasteiger partial charge in [0.15, 0.2) is 6.29 Å². The van der Waals surface area contributed by atoms with Crippen LogP contribution in [0.2, 0.25) is 0 Å². The van der Waals surface area contributed by atoms with E-state index in [1.165, 1.54) is 0 Å². The Balaban J connectivity index is 1.75. The second-order valence-electron chi connectivity index (χ2n) is 8.11. The van der Waals surface area contributed by atoms with Gasteiger partial charge in [0, 0.05) is 18.2 Å². The van der Waals surface area contributed by atoms with Gasteiger partial charge < -0.3 is 10.2 Å². The third kappa shape index (κ3) is 3.64. The lowest BCUT2D eigenvalue weighted by Crippen LogP contribution is -2.48. The van der Waals surface area contributed by atoms with Crippen molar-refractivity contribution in [2.24, 2.45) is 0 Å². The highest BCUT2D eigenvalue weighted by atomic mass is 16.3. The smallest absolute Gasteiger partial charge is 0.153 e. The quantitative estimate of drug-likeness (QED) is 0.601. The molecule has 0 aromatic heterocycles. The molecule has 154 valence electrons. The Morgan fingerprint density at radius 2 is 1.63 bits per heavy atom. The summed E-state index contributed by atoms with van der Waals surface area (Å²) in [6.07, 6.45) is 2.49. The number of carbonyl (C=O) groups excluding carboxylic acids is 1. The van der Waals surface area contributed by atoms with Gasteiger partial charge in [-0.25, -0.2) is 0 Å². The molecule has 0 radical (unpaired) electrons. The van der Waals surface area contributed by atoms with E-state index in [0.717, 1.165) is 36.1 Å². The zero-order valence-electron chi connectivity index (χ0n) is 17.2. The molecule has 3 aromatic carbocycles. The first kappa shape index (κ1) is 20.3. The van der Waals surface area contributed by atoms with Gasteiger partial charge in [0.05, 0.1) is 5.56 Å². The number of nitrogens with zero attached hydrogens (tertiary/aromatic N) is 1. The van der Waals surface area contributed by atoms with Gasteiger partial charge in [-0.3, -0.25) is 9.69 Å². The summed E-state index contributed by atoms with van der Waals surface area (Å²) in [5.41, 5.74) is 2.49. The Hall–Kier alpha value is -2.95. The van der Waals surface area contributed by atoms with Crippen LogP contribution in [0.5, 0.6) is 5.75 Å². The molecule has 3 aromatic rings. The molecule has 1 aliphatic heterocycles. The Labute approximate surface area is 177 Å². The zero-order valence-corrected chi connectivity index (χ0v) is 17.2. The van der Waals surface area contributed by atoms with Crippen molar-refractivity contribution in [1.82, 2.24) is 4.90 Å². The molecule has 2 N–H and O–H groups in total. The number of hydrogen-bond donors (Lipinski definition) is 2. The van der Waals surface area contributed by atoms with Crippen molar-refractivity contribution in [2.45, 2.75) is 38.0 Å². The van der Waals surface area contributed by atoms with Gasteiger partial charge in [-0.1, -0.05) is 66.7 Å². The van der Waals surface area contributed by atoms with E-state index in [4.69, 9.17) is 0 Å². The molecule has 0 spiro atoms. The van der Waals surface area contributed by atoms with Gasteiger partial charge >= 0.3 is 0 Å². The molecule has 4 heteroatoms. The van der Waals surface area contributed by atoms with Gasteiger partial charge in [0.1, 0.15) is 11.4 Å². The fourth-order valence-electron chi connectivity index (χ4n) is 4.74. The van der Waals surface area contributed by atoms with Gasteiger partial charge in [0.2, 0.25) is 0 Å². The van der Waals surface area contributed by atoms with E-state index < -0.39 is 5.60 Å². The standard InChI is InChI=1S/C26H27NO3/c1-19-15-20(25(29)21(16-19)18-28)17-27-14-8-13-24(27)26(30,22-9-4-2-5-10-22)23-11-6-3-7-12-23/h2-7,9-12,15-16,18,24,29-30H,8,13-14,17H2,1H3/t24-/m1/s1. The summed E-state index contributed by atoms with van der Waals surface area (Å²) in [5.74, 6) is 0.0317. The lowest BCUT2D eigenvalue weighted by molar-refractivity contribution is -0.00673. The van der Waals surface area contributed by atoms with Gasteiger partial charge in [0.25, 0.3) is 0 Å². The number of benzene rings is 3. The Kier molecular flexibility index (Phi) is 5.71. The van der Waals surface area contributed by atoms with Gasteiger partial charge in [-0.05, 0) is 49.1 Å². The predicted molar refractivity (Wildman–Crippen MR) is 118 cm³/mol. The molecule has 4 nitrogen and oxygen atoms in total. The first-order valence-electron chi connectivity index (χ1n) is 10.4. The Bertz CT molecular complexity index is 978. The average molecular weight is 402 g/mol. The molecule has 0 unspecified atom stereocenters. The summed E-state index contributed by atoms with van der Waals surface area (Å²) in [6, 6.07) is 23.0. The van der Waals surface area contributed by atoms with E-state index in [-0.39, 0.29) is 11.8 Å². The fraction of sp³-hybridized carbons (Fsp3) is 0.269. The van der Waals surface area contributed by atoms with Crippen molar-refractivity contribution in [3.63, 3.8) is 0 Å². The van der Waals surface area contributed by atoms with Crippen LogP contribution in [-0.2, 0) is 12.1 Å². The first-order valence-corrected chi connectivity index (χ1v) is 10.4. The van der Waals surface area contributed by atoms with Crippen molar-refractivity contribution in [3.05, 3.63) is 101 Å². The lowest BCUT2D eigenvalue weighted by atomic mass is 9.79. The number of likely N-dealkylation sites (tertiary alicyclic amines) is 1. The second-order valence-corrected chi connectivity index (χ2v) is 8.11. The number of phenolic OH excluding ortho intramolecular Hbond substituents is 1.